The predicted octanol–water partition coefficient (Wildman–Crippen LogP) is 0.715. The Balaban J connectivity index is 2.09. The fourth-order valence-corrected chi connectivity index (χ4v) is 2.72. The van der Waals surface area contributed by atoms with Gasteiger partial charge in [-0.1, -0.05) is 6.92 Å². The van der Waals surface area contributed by atoms with Crippen LogP contribution in [0.2, 0.25) is 0 Å². The van der Waals surface area contributed by atoms with E-state index < -0.39 is 5.54 Å². The lowest BCUT2D eigenvalue weighted by Crippen LogP contribution is -2.47. The van der Waals surface area contributed by atoms with Crippen LogP contribution < -0.4 is 10.6 Å². The predicted molar refractivity (Wildman–Crippen MR) is 72.5 cm³/mol. The summed E-state index contributed by atoms with van der Waals surface area (Å²) in [4.78, 5) is 19.0. The van der Waals surface area contributed by atoms with Crippen molar-refractivity contribution >= 4 is 11.9 Å². The van der Waals surface area contributed by atoms with Gasteiger partial charge >= 0.3 is 0 Å². The fraction of sp³-hybridized carbons (Fsp3) is 0.846. The number of guanidine groups is 1. The molecule has 0 radical (unpaired) electrons. The van der Waals surface area contributed by atoms with E-state index in [-0.39, 0.29) is 11.9 Å². The van der Waals surface area contributed by atoms with Gasteiger partial charge in [-0.15, -0.1) is 0 Å². The lowest BCUT2D eigenvalue weighted by atomic mass is 9.91. The highest BCUT2D eigenvalue weighted by Crippen LogP contribution is 2.25. The van der Waals surface area contributed by atoms with Gasteiger partial charge < -0.3 is 10.2 Å². The first-order chi connectivity index (χ1) is 8.55. The van der Waals surface area contributed by atoms with Gasteiger partial charge in [0.05, 0.1) is 0 Å². The van der Waals surface area contributed by atoms with Crippen LogP contribution in [0.15, 0.2) is 4.99 Å². The first-order valence-corrected chi connectivity index (χ1v) is 6.95. The van der Waals surface area contributed by atoms with Crippen LogP contribution in [-0.4, -0.2) is 48.0 Å². The molecule has 2 N–H and O–H groups in total. The maximum atomic E-state index is 12.2. The van der Waals surface area contributed by atoms with Crippen molar-refractivity contribution in [1.82, 2.24) is 15.5 Å². The Kier molecular flexibility index (Phi) is 3.90. The molecule has 2 heterocycles. The van der Waals surface area contributed by atoms with E-state index in [4.69, 9.17) is 0 Å². The first-order valence-electron chi connectivity index (χ1n) is 6.95. The van der Waals surface area contributed by atoms with Crippen molar-refractivity contribution in [2.75, 3.05) is 19.6 Å². The summed E-state index contributed by atoms with van der Waals surface area (Å²) in [5.74, 6) is 0.750. The van der Waals surface area contributed by atoms with Gasteiger partial charge in [-0.05, 0) is 46.2 Å². The van der Waals surface area contributed by atoms with Crippen LogP contribution in [-0.2, 0) is 4.79 Å². The summed E-state index contributed by atoms with van der Waals surface area (Å²) in [5, 5.41) is 6.22. The molecule has 0 aromatic heterocycles. The largest absolute Gasteiger partial charge is 0.342 e. The van der Waals surface area contributed by atoms with Crippen LogP contribution in [0.4, 0.5) is 0 Å². The molecule has 1 spiro atoms. The van der Waals surface area contributed by atoms with Crippen LogP contribution in [0, 0.1) is 0 Å². The number of amides is 1. The van der Waals surface area contributed by atoms with E-state index in [1.807, 2.05) is 13.8 Å². The van der Waals surface area contributed by atoms with Crippen LogP contribution in [0.3, 0.4) is 0 Å². The summed E-state index contributed by atoms with van der Waals surface area (Å²) in [5.41, 5.74) is -0.419. The molecule has 0 aliphatic carbocycles. The average molecular weight is 252 g/mol. The number of carbonyl (C=O) groups is 1. The van der Waals surface area contributed by atoms with Crippen LogP contribution in [0.1, 0.15) is 40.0 Å². The van der Waals surface area contributed by atoms with Gasteiger partial charge in [0.1, 0.15) is 5.54 Å². The van der Waals surface area contributed by atoms with E-state index in [1.54, 1.807) is 0 Å². The standard InChI is InChI=1S/C13H24N4O/c1-4-17-8-5-6-13(7-9-17)11(18)15-12(16-13)14-10(2)3/h10H,4-9H2,1-3H3,(H2,14,15,16,18). The van der Waals surface area contributed by atoms with Gasteiger partial charge in [0, 0.05) is 12.6 Å². The third-order valence-electron chi connectivity index (χ3n) is 3.79. The Morgan fingerprint density at radius 1 is 1.39 bits per heavy atom. The Morgan fingerprint density at radius 2 is 2.17 bits per heavy atom. The number of carbonyl (C=O) groups excluding carboxylic acids is 1. The average Bonchev–Trinajstić information content (AvgIpc) is 2.49. The highest BCUT2D eigenvalue weighted by molar-refractivity contribution is 6.09. The molecule has 1 atom stereocenters. The minimum absolute atomic E-state index is 0.0971. The molecule has 2 aliphatic rings. The second-order valence-electron chi connectivity index (χ2n) is 5.52. The molecule has 1 unspecified atom stereocenters. The normalized spacial score (nSPS) is 31.8. The molecule has 0 bridgehead atoms. The monoisotopic (exact) mass is 252 g/mol. The van der Waals surface area contributed by atoms with Gasteiger partial charge in [0.25, 0.3) is 5.91 Å². The van der Waals surface area contributed by atoms with E-state index in [9.17, 15) is 4.79 Å². The van der Waals surface area contributed by atoms with Gasteiger partial charge in [-0.3, -0.25) is 15.1 Å². The Labute approximate surface area is 109 Å². The molecule has 2 fully saturated rings. The number of likely N-dealkylation sites (tertiary alicyclic amines) is 1. The molecule has 0 aromatic rings. The van der Waals surface area contributed by atoms with E-state index in [2.05, 4.69) is 27.4 Å². The van der Waals surface area contributed by atoms with Crippen LogP contribution >= 0.6 is 0 Å². The van der Waals surface area contributed by atoms with Crippen molar-refractivity contribution in [3.63, 3.8) is 0 Å². The van der Waals surface area contributed by atoms with Crippen molar-refractivity contribution in [3.8, 4) is 0 Å². The maximum absolute atomic E-state index is 12.2. The Bertz CT molecular complexity index is 353. The minimum atomic E-state index is -0.419. The Morgan fingerprint density at radius 3 is 2.83 bits per heavy atom. The highest BCUT2D eigenvalue weighted by atomic mass is 16.2. The summed E-state index contributed by atoms with van der Waals surface area (Å²) in [6.07, 6.45) is 2.82. The second-order valence-corrected chi connectivity index (χ2v) is 5.52. The minimum Gasteiger partial charge on any atom is -0.342 e. The number of aliphatic imine (C=N–C) groups is 1. The van der Waals surface area contributed by atoms with E-state index >= 15 is 0 Å². The third-order valence-corrected chi connectivity index (χ3v) is 3.79. The van der Waals surface area contributed by atoms with Crippen molar-refractivity contribution in [2.24, 2.45) is 4.99 Å². The quantitative estimate of drug-likeness (QED) is 0.761. The molecule has 5 heteroatoms. The summed E-state index contributed by atoms with van der Waals surface area (Å²) in [7, 11) is 0. The zero-order chi connectivity index (χ0) is 13.2. The maximum Gasteiger partial charge on any atom is 0.252 e. The lowest BCUT2D eigenvalue weighted by Gasteiger charge is -2.24. The molecule has 0 aromatic carbocycles. The summed E-state index contributed by atoms with van der Waals surface area (Å²) in [6, 6.07) is 0.195. The third kappa shape index (κ3) is 2.66. The Hall–Kier alpha value is -1.10. The highest BCUT2D eigenvalue weighted by Gasteiger charge is 2.45. The van der Waals surface area contributed by atoms with E-state index in [0.717, 1.165) is 38.9 Å². The molecular formula is C13H24N4O. The van der Waals surface area contributed by atoms with Crippen molar-refractivity contribution in [1.29, 1.82) is 0 Å². The SMILES string of the molecule is CCN1CCCC2(CC1)NC(=NC(C)C)NC2=O. The van der Waals surface area contributed by atoms with Crippen molar-refractivity contribution < 1.29 is 4.79 Å². The molecule has 2 saturated heterocycles. The molecule has 2 aliphatic heterocycles. The summed E-state index contributed by atoms with van der Waals surface area (Å²) < 4.78 is 0. The number of hydrogen-bond acceptors (Lipinski definition) is 3. The van der Waals surface area contributed by atoms with Crippen LogP contribution in [0.5, 0.6) is 0 Å². The number of nitrogens with zero attached hydrogens (tertiary/aromatic N) is 2. The van der Waals surface area contributed by atoms with Crippen molar-refractivity contribution in [2.45, 2.75) is 51.6 Å². The molecule has 5 nitrogen and oxygen atoms in total. The van der Waals surface area contributed by atoms with Crippen molar-refractivity contribution in [3.05, 3.63) is 0 Å². The molecule has 1 amide bonds. The van der Waals surface area contributed by atoms with E-state index in [1.165, 1.54) is 0 Å². The smallest absolute Gasteiger partial charge is 0.252 e. The molecule has 102 valence electrons. The second kappa shape index (κ2) is 5.26. The zero-order valence-corrected chi connectivity index (χ0v) is 11.6. The molecule has 2 rings (SSSR count). The van der Waals surface area contributed by atoms with Gasteiger partial charge in [-0.25, -0.2) is 0 Å². The molecule has 0 saturated carbocycles. The van der Waals surface area contributed by atoms with Gasteiger partial charge in [-0.2, -0.15) is 0 Å². The first kappa shape index (κ1) is 13.3. The lowest BCUT2D eigenvalue weighted by molar-refractivity contribution is -0.124. The molecular weight excluding hydrogens is 228 g/mol. The van der Waals surface area contributed by atoms with Gasteiger partial charge in [0.15, 0.2) is 5.96 Å². The molecule has 18 heavy (non-hydrogen) atoms. The van der Waals surface area contributed by atoms with Gasteiger partial charge in [0.2, 0.25) is 0 Å². The van der Waals surface area contributed by atoms with Crippen LogP contribution in [0.25, 0.3) is 0 Å². The topological polar surface area (TPSA) is 56.7 Å². The zero-order valence-electron chi connectivity index (χ0n) is 11.6. The number of rotatable bonds is 2. The number of nitrogens with one attached hydrogen (secondary N) is 2. The van der Waals surface area contributed by atoms with E-state index in [0.29, 0.717) is 5.96 Å². The summed E-state index contributed by atoms with van der Waals surface area (Å²) >= 11 is 0. The number of hydrogen-bond donors (Lipinski definition) is 2. The summed E-state index contributed by atoms with van der Waals surface area (Å²) in [6.45, 7) is 9.32. The fourth-order valence-electron chi connectivity index (χ4n) is 2.72.